The minimum Gasteiger partial charge on any atom is -0.466 e. The van der Waals surface area contributed by atoms with Crippen LogP contribution in [-0.4, -0.2) is 29.3 Å². The van der Waals surface area contributed by atoms with E-state index in [1.54, 1.807) is 17.9 Å². The lowest BCUT2D eigenvalue weighted by molar-refractivity contribution is -0.121. The Bertz CT molecular complexity index is 737. The van der Waals surface area contributed by atoms with Crippen molar-refractivity contribution in [1.29, 1.82) is 0 Å². The molecule has 26 heavy (non-hydrogen) atoms. The molecule has 0 saturated heterocycles. The lowest BCUT2D eigenvalue weighted by Gasteiger charge is -2.23. The predicted octanol–water partition coefficient (Wildman–Crippen LogP) is 3.84. The quantitative estimate of drug-likeness (QED) is 0.781. The van der Waals surface area contributed by atoms with Gasteiger partial charge in [0.05, 0.1) is 5.56 Å². The maximum atomic E-state index is 13.0. The van der Waals surface area contributed by atoms with Crippen LogP contribution in [0.15, 0.2) is 40.8 Å². The highest BCUT2D eigenvalue weighted by molar-refractivity contribution is 5.95. The van der Waals surface area contributed by atoms with Gasteiger partial charge in [0.1, 0.15) is 11.5 Å². The van der Waals surface area contributed by atoms with Crippen LogP contribution in [0.25, 0.3) is 0 Å². The van der Waals surface area contributed by atoms with E-state index >= 15 is 0 Å². The van der Waals surface area contributed by atoms with Crippen molar-refractivity contribution in [3.05, 3.63) is 59.0 Å². The molecule has 0 saturated carbocycles. The molecule has 1 aromatic heterocycles. The SMILES string of the molecule is CC[C@@H](C)NC(=O)CCN(Cc1ccccc1)C(=O)c1cc(C)oc1C. The predicted molar refractivity (Wildman–Crippen MR) is 102 cm³/mol. The van der Waals surface area contributed by atoms with Gasteiger partial charge in [0.25, 0.3) is 5.91 Å². The number of carbonyl (C=O) groups is 2. The second kappa shape index (κ2) is 9.22. The fourth-order valence-corrected chi connectivity index (χ4v) is 2.76. The Balaban J connectivity index is 2.12. The molecule has 0 radical (unpaired) electrons. The second-order valence-corrected chi connectivity index (χ2v) is 6.67. The van der Waals surface area contributed by atoms with Crippen LogP contribution < -0.4 is 5.32 Å². The Hall–Kier alpha value is -2.56. The maximum absolute atomic E-state index is 13.0. The van der Waals surface area contributed by atoms with Crippen LogP contribution >= 0.6 is 0 Å². The van der Waals surface area contributed by atoms with E-state index in [9.17, 15) is 9.59 Å². The Labute approximate surface area is 155 Å². The van der Waals surface area contributed by atoms with Gasteiger partial charge in [0.2, 0.25) is 5.91 Å². The Morgan fingerprint density at radius 1 is 1.19 bits per heavy atom. The summed E-state index contributed by atoms with van der Waals surface area (Å²) in [6.45, 7) is 8.43. The minimum absolute atomic E-state index is 0.0368. The first-order chi connectivity index (χ1) is 12.4. The number of amides is 2. The van der Waals surface area contributed by atoms with E-state index in [4.69, 9.17) is 4.42 Å². The summed E-state index contributed by atoms with van der Waals surface area (Å²) in [5.41, 5.74) is 1.59. The van der Waals surface area contributed by atoms with Crippen LogP contribution in [0.4, 0.5) is 0 Å². The number of nitrogens with one attached hydrogen (secondary N) is 1. The van der Waals surface area contributed by atoms with Crippen molar-refractivity contribution in [2.45, 2.75) is 53.1 Å². The highest BCUT2D eigenvalue weighted by atomic mass is 16.3. The van der Waals surface area contributed by atoms with E-state index in [0.29, 0.717) is 30.2 Å². The molecule has 1 atom stereocenters. The van der Waals surface area contributed by atoms with E-state index in [0.717, 1.165) is 12.0 Å². The fourth-order valence-electron chi connectivity index (χ4n) is 2.76. The van der Waals surface area contributed by atoms with Crippen LogP contribution in [0.2, 0.25) is 0 Å². The normalized spacial score (nSPS) is 11.8. The van der Waals surface area contributed by atoms with Gasteiger partial charge in [-0.2, -0.15) is 0 Å². The van der Waals surface area contributed by atoms with Crippen molar-refractivity contribution in [2.24, 2.45) is 0 Å². The number of nitrogens with zero attached hydrogens (tertiary/aromatic N) is 1. The van der Waals surface area contributed by atoms with Crippen molar-refractivity contribution in [2.75, 3.05) is 6.54 Å². The van der Waals surface area contributed by atoms with Crippen molar-refractivity contribution in [3.8, 4) is 0 Å². The largest absolute Gasteiger partial charge is 0.466 e. The molecule has 0 fully saturated rings. The molecule has 5 nitrogen and oxygen atoms in total. The molecule has 0 aliphatic carbocycles. The Kier molecular flexibility index (Phi) is 7.01. The average Bonchev–Trinajstić information content (AvgIpc) is 2.96. The summed E-state index contributed by atoms with van der Waals surface area (Å²) in [6, 6.07) is 11.7. The lowest BCUT2D eigenvalue weighted by atomic mass is 10.1. The van der Waals surface area contributed by atoms with Gasteiger partial charge < -0.3 is 14.6 Å². The average molecular weight is 356 g/mol. The summed E-state index contributed by atoms with van der Waals surface area (Å²) in [4.78, 5) is 26.9. The first kappa shape index (κ1) is 19.8. The molecule has 2 amide bonds. The van der Waals surface area contributed by atoms with Crippen LogP contribution in [0.5, 0.6) is 0 Å². The van der Waals surface area contributed by atoms with Gasteiger partial charge in [-0.05, 0) is 38.8 Å². The Morgan fingerprint density at radius 3 is 2.46 bits per heavy atom. The molecular weight excluding hydrogens is 328 g/mol. The molecule has 1 heterocycles. The summed E-state index contributed by atoms with van der Waals surface area (Å²) < 4.78 is 5.50. The number of rotatable bonds is 8. The van der Waals surface area contributed by atoms with Crippen LogP contribution in [-0.2, 0) is 11.3 Å². The van der Waals surface area contributed by atoms with Crippen LogP contribution in [0, 0.1) is 13.8 Å². The zero-order chi connectivity index (χ0) is 19.1. The number of aryl methyl sites for hydroxylation is 2. The lowest BCUT2D eigenvalue weighted by Crippen LogP contribution is -2.37. The standard InChI is InChI=1S/C21H28N2O3/c1-5-15(2)22-20(24)11-12-23(14-18-9-7-6-8-10-18)21(25)19-13-16(3)26-17(19)4/h6-10,13,15H,5,11-12,14H2,1-4H3,(H,22,24)/t15-/m1/s1. The molecule has 5 heteroatoms. The number of hydrogen-bond acceptors (Lipinski definition) is 3. The summed E-state index contributed by atoms with van der Waals surface area (Å²) >= 11 is 0. The molecule has 140 valence electrons. The zero-order valence-electron chi connectivity index (χ0n) is 16.0. The van der Waals surface area contributed by atoms with Crippen LogP contribution in [0.1, 0.15) is 54.1 Å². The molecule has 2 aromatic rings. The minimum atomic E-state index is -0.112. The summed E-state index contributed by atoms with van der Waals surface area (Å²) in [5.74, 6) is 1.17. The third kappa shape index (κ3) is 5.48. The number of carbonyl (C=O) groups excluding carboxylic acids is 2. The van der Waals surface area contributed by atoms with Gasteiger partial charge in [-0.15, -0.1) is 0 Å². The van der Waals surface area contributed by atoms with Crippen molar-refractivity contribution in [3.63, 3.8) is 0 Å². The summed E-state index contributed by atoms with van der Waals surface area (Å²) in [5, 5.41) is 2.95. The van der Waals surface area contributed by atoms with Gasteiger partial charge >= 0.3 is 0 Å². The molecule has 1 N–H and O–H groups in total. The van der Waals surface area contributed by atoms with E-state index in [2.05, 4.69) is 5.32 Å². The maximum Gasteiger partial charge on any atom is 0.257 e. The molecule has 2 rings (SSSR count). The molecule has 0 unspecified atom stereocenters. The third-order valence-electron chi connectivity index (χ3n) is 4.40. The molecule has 0 spiro atoms. The van der Waals surface area contributed by atoms with Gasteiger partial charge in [-0.1, -0.05) is 37.3 Å². The molecule has 0 aliphatic heterocycles. The zero-order valence-corrected chi connectivity index (χ0v) is 16.0. The van der Waals surface area contributed by atoms with Gasteiger partial charge in [0, 0.05) is 25.6 Å². The first-order valence-electron chi connectivity index (χ1n) is 9.10. The van der Waals surface area contributed by atoms with E-state index in [-0.39, 0.29) is 24.3 Å². The summed E-state index contributed by atoms with van der Waals surface area (Å²) in [7, 11) is 0. The van der Waals surface area contributed by atoms with E-state index in [1.807, 2.05) is 51.1 Å². The smallest absolute Gasteiger partial charge is 0.257 e. The highest BCUT2D eigenvalue weighted by Gasteiger charge is 2.21. The summed E-state index contributed by atoms with van der Waals surface area (Å²) in [6.07, 6.45) is 1.16. The fraction of sp³-hybridized carbons (Fsp3) is 0.429. The molecule has 0 aliphatic rings. The van der Waals surface area contributed by atoms with Crippen molar-refractivity contribution in [1.82, 2.24) is 10.2 Å². The Morgan fingerprint density at radius 2 is 1.88 bits per heavy atom. The van der Waals surface area contributed by atoms with E-state index < -0.39 is 0 Å². The number of benzene rings is 1. The van der Waals surface area contributed by atoms with Gasteiger partial charge in [-0.3, -0.25) is 9.59 Å². The van der Waals surface area contributed by atoms with E-state index in [1.165, 1.54) is 0 Å². The molecule has 1 aromatic carbocycles. The van der Waals surface area contributed by atoms with Crippen molar-refractivity contribution < 1.29 is 14.0 Å². The van der Waals surface area contributed by atoms with Crippen molar-refractivity contribution >= 4 is 11.8 Å². The topological polar surface area (TPSA) is 62.6 Å². The number of furan rings is 1. The van der Waals surface area contributed by atoms with Gasteiger partial charge in [0.15, 0.2) is 0 Å². The monoisotopic (exact) mass is 356 g/mol. The van der Waals surface area contributed by atoms with Gasteiger partial charge in [-0.25, -0.2) is 0 Å². The second-order valence-electron chi connectivity index (χ2n) is 6.67. The molecule has 0 bridgehead atoms. The van der Waals surface area contributed by atoms with Crippen LogP contribution in [0.3, 0.4) is 0 Å². The molecular formula is C21H28N2O3. The highest BCUT2D eigenvalue weighted by Crippen LogP contribution is 2.18. The number of hydrogen-bond donors (Lipinski definition) is 1. The first-order valence-corrected chi connectivity index (χ1v) is 9.10. The third-order valence-corrected chi connectivity index (χ3v) is 4.40.